The van der Waals surface area contributed by atoms with Crippen LogP contribution in [0.1, 0.15) is 43.5 Å². The highest BCUT2D eigenvalue weighted by Gasteiger charge is 2.47. The SMILES string of the molecule is CCCC[C@@]1(C)NC(=O)N(CC(=O)c2cccc(F)c2)C1=O. The summed E-state index contributed by atoms with van der Waals surface area (Å²) in [6, 6.07) is 4.62. The Kier molecular flexibility index (Phi) is 4.59. The molecule has 0 aliphatic carbocycles. The molecule has 0 bridgehead atoms. The number of Topliss-reactive ketones (excluding diaryl/α,β-unsaturated/α-hetero) is 1. The lowest BCUT2D eigenvalue weighted by Gasteiger charge is -2.21. The summed E-state index contributed by atoms with van der Waals surface area (Å²) in [7, 11) is 0. The number of nitrogens with one attached hydrogen (secondary N) is 1. The Morgan fingerprint density at radius 3 is 2.73 bits per heavy atom. The number of urea groups is 1. The van der Waals surface area contributed by atoms with Crippen molar-refractivity contribution in [3.63, 3.8) is 0 Å². The molecule has 3 amide bonds. The molecule has 1 aromatic rings. The van der Waals surface area contributed by atoms with Crippen LogP contribution in [0.5, 0.6) is 0 Å². The second kappa shape index (κ2) is 6.25. The Hall–Kier alpha value is -2.24. The van der Waals surface area contributed by atoms with E-state index in [0.717, 1.165) is 23.8 Å². The zero-order chi connectivity index (χ0) is 16.3. The highest BCUT2D eigenvalue weighted by Crippen LogP contribution is 2.23. The zero-order valence-corrected chi connectivity index (χ0v) is 12.7. The maximum absolute atomic E-state index is 13.1. The first-order chi connectivity index (χ1) is 10.4. The molecule has 0 saturated carbocycles. The first kappa shape index (κ1) is 16.1. The van der Waals surface area contributed by atoms with Gasteiger partial charge in [0.15, 0.2) is 5.78 Å². The van der Waals surface area contributed by atoms with Crippen molar-refractivity contribution >= 4 is 17.7 Å². The molecule has 22 heavy (non-hydrogen) atoms. The van der Waals surface area contributed by atoms with Gasteiger partial charge in [-0.15, -0.1) is 0 Å². The molecule has 1 saturated heterocycles. The summed E-state index contributed by atoms with van der Waals surface area (Å²) in [5, 5.41) is 2.64. The van der Waals surface area contributed by atoms with E-state index in [2.05, 4.69) is 5.32 Å². The van der Waals surface area contributed by atoms with Crippen molar-refractivity contribution in [2.75, 3.05) is 6.54 Å². The van der Waals surface area contributed by atoms with Gasteiger partial charge in [-0.1, -0.05) is 31.9 Å². The minimum Gasteiger partial charge on any atom is -0.323 e. The Labute approximate surface area is 128 Å². The van der Waals surface area contributed by atoms with Gasteiger partial charge in [0.25, 0.3) is 5.91 Å². The minimum atomic E-state index is -0.963. The van der Waals surface area contributed by atoms with E-state index in [1.165, 1.54) is 18.2 Å². The fourth-order valence-electron chi connectivity index (χ4n) is 2.49. The van der Waals surface area contributed by atoms with E-state index in [9.17, 15) is 18.8 Å². The van der Waals surface area contributed by atoms with Gasteiger partial charge in [0.2, 0.25) is 0 Å². The number of ketones is 1. The van der Waals surface area contributed by atoms with Crippen LogP contribution in [0.15, 0.2) is 24.3 Å². The monoisotopic (exact) mass is 306 g/mol. The molecular formula is C16H19FN2O3. The standard InChI is InChI=1S/C16H19FN2O3/c1-3-4-8-16(2)14(21)19(15(22)18-16)10-13(20)11-6-5-7-12(17)9-11/h5-7,9H,3-4,8,10H2,1-2H3,(H,18,22)/t16-/m1/s1. The van der Waals surface area contributed by atoms with Gasteiger partial charge in [0.1, 0.15) is 11.4 Å². The predicted molar refractivity (Wildman–Crippen MR) is 78.9 cm³/mol. The molecule has 0 radical (unpaired) electrons. The lowest BCUT2D eigenvalue weighted by molar-refractivity contribution is -0.130. The Morgan fingerprint density at radius 1 is 1.36 bits per heavy atom. The average molecular weight is 306 g/mol. The van der Waals surface area contributed by atoms with Gasteiger partial charge >= 0.3 is 6.03 Å². The van der Waals surface area contributed by atoms with Gasteiger partial charge in [-0.3, -0.25) is 14.5 Å². The number of benzene rings is 1. The molecule has 1 N–H and O–H groups in total. The van der Waals surface area contributed by atoms with Gasteiger partial charge in [0.05, 0.1) is 6.54 Å². The summed E-state index contributed by atoms with van der Waals surface area (Å²) < 4.78 is 13.1. The van der Waals surface area contributed by atoms with Crippen LogP contribution >= 0.6 is 0 Å². The summed E-state index contributed by atoms with van der Waals surface area (Å²) in [5.41, 5.74) is -0.822. The van der Waals surface area contributed by atoms with Crippen molar-refractivity contribution in [1.82, 2.24) is 10.2 Å². The highest BCUT2D eigenvalue weighted by atomic mass is 19.1. The fraction of sp³-hybridized carbons (Fsp3) is 0.438. The third-order valence-electron chi connectivity index (χ3n) is 3.82. The molecule has 6 heteroatoms. The fourth-order valence-corrected chi connectivity index (χ4v) is 2.49. The average Bonchev–Trinajstić information content (AvgIpc) is 2.69. The Bertz CT molecular complexity index is 617. The van der Waals surface area contributed by atoms with Gasteiger partial charge in [-0.05, 0) is 25.5 Å². The van der Waals surface area contributed by atoms with Crippen LogP contribution in [0.2, 0.25) is 0 Å². The summed E-state index contributed by atoms with van der Waals surface area (Å²) in [6.07, 6.45) is 2.23. The van der Waals surface area contributed by atoms with Crippen LogP contribution in [0.3, 0.4) is 0 Å². The van der Waals surface area contributed by atoms with E-state index in [1.54, 1.807) is 6.92 Å². The molecule has 1 aliphatic rings. The number of imide groups is 1. The number of carbonyl (C=O) groups is 3. The second-order valence-electron chi connectivity index (χ2n) is 5.69. The molecule has 1 atom stereocenters. The summed E-state index contributed by atoms with van der Waals surface area (Å²) in [4.78, 5) is 37.4. The molecule has 0 unspecified atom stereocenters. The third kappa shape index (κ3) is 3.16. The first-order valence-corrected chi connectivity index (χ1v) is 7.30. The van der Waals surface area contributed by atoms with Gasteiger partial charge in [-0.2, -0.15) is 0 Å². The zero-order valence-electron chi connectivity index (χ0n) is 12.7. The molecule has 1 aliphatic heterocycles. The van der Waals surface area contributed by atoms with Crippen molar-refractivity contribution in [3.8, 4) is 0 Å². The van der Waals surface area contributed by atoms with Crippen LogP contribution < -0.4 is 5.32 Å². The Balaban J connectivity index is 2.11. The normalized spacial score (nSPS) is 21.1. The molecule has 2 rings (SSSR count). The van der Waals surface area contributed by atoms with E-state index in [-0.39, 0.29) is 12.1 Å². The number of carbonyl (C=O) groups excluding carboxylic acids is 3. The number of unbranched alkanes of at least 4 members (excludes halogenated alkanes) is 1. The molecule has 118 valence electrons. The molecule has 5 nitrogen and oxygen atoms in total. The topological polar surface area (TPSA) is 66.5 Å². The minimum absolute atomic E-state index is 0.141. The number of halogens is 1. The van der Waals surface area contributed by atoms with E-state index in [0.29, 0.717) is 6.42 Å². The van der Waals surface area contributed by atoms with Crippen molar-refractivity contribution in [1.29, 1.82) is 0 Å². The predicted octanol–water partition coefficient (Wildman–Crippen LogP) is 2.51. The van der Waals surface area contributed by atoms with Crippen molar-refractivity contribution in [2.24, 2.45) is 0 Å². The van der Waals surface area contributed by atoms with Crippen LogP contribution in [0, 0.1) is 5.82 Å². The Morgan fingerprint density at radius 2 is 2.09 bits per heavy atom. The van der Waals surface area contributed by atoms with Crippen molar-refractivity contribution < 1.29 is 18.8 Å². The van der Waals surface area contributed by atoms with Gasteiger partial charge < -0.3 is 5.32 Å². The summed E-state index contributed by atoms with van der Waals surface area (Å²) >= 11 is 0. The summed E-state index contributed by atoms with van der Waals surface area (Å²) in [5.74, 6) is -1.41. The molecule has 0 spiro atoms. The van der Waals surface area contributed by atoms with E-state index in [4.69, 9.17) is 0 Å². The molecule has 0 aromatic heterocycles. The lowest BCUT2D eigenvalue weighted by atomic mass is 9.95. The van der Waals surface area contributed by atoms with E-state index < -0.39 is 29.1 Å². The van der Waals surface area contributed by atoms with E-state index >= 15 is 0 Å². The van der Waals surface area contributed by atoms with Crippen LogP contribution in [0.4, 0.5) is 9.18 Å². The number of hydrogen-bond acceptors (Lipinski definition) is 3. The highest BCUT2D eigenvalue weighted by molar-refractivity contribution is 6.10. The first-order valence-electron chi connectivity index (χ1n) is 7.30. The van der Waals surface area contributed by atoms with Crippen LogP contribution in [-0.2, 0) is 4.79 Å². The maximum Gasteiger partial charge on any atom is 0.325 e. The summed E-state index contributed by atoms with van der Waals surface area (Å²) in [6.45, 7) is 3.28. The largest absolute Gasteiger partial charge is 0.325 e. The molecule has 1 heterocycles. The molecule has 1 aromatic carbocycles. The quantitative estimate of drug-likeness (QED) is 0.648. The van der Waals surface area contributed by atoms with Crippen LogP contribution in [0.25, 0.3) is 0 Å². The number of nitrogens with zero attached hydrogens (tertiary/aromatic N) is 1. The van der Waals surface area contributed by atoms with Crippen molar-refractivity contribution in [3.05, 3.63) is 35.6 Å². The smallest absolute Gasteiger partial charge is 0.323 e. The second-order valence-corrected chi connectivity index (χ2v) is 5.69. The number of hydrogen-bond donors (Lipinski definition) is 1. The van der Waals surface area contributed by atoms with Gasteiger partial charge in [0, 0.05) is 5.56 Å². The number of rotatable bonds is 6. The van der Waals surface area contributed by atoms with Crippen molar-refractivity contribution in [2.45, 2.75) is 38.6 Å². The van der Waals surface area contributed by atoms with E-state index in [1.807, 2.05) is 6.92 Å². The molecular weight excluding hydrogens is 287 g/mol. The number of amides is 3. The lowest BCUT2D eigenvalue weighted by Crippen LogP contribution is -2.44. The van der Waals surface area contributed by atoms with Gasteiger partial charge in [-0.25, -0.2) is 9.18 Å². The maximum atomic E-state index is 13.1. The van der Waals surface area contributed by atoms with Crippen LogP contribution in [-0.4, -0.2) is 34.7 Å². The third-order valence-corrected chi connectivity index (χ3v) is 3.82. The molecule has 1 fully saturated rings.